The molecule has 0 bridgehead atoms. The summed E-state index contributed by atoms with van der Waals surface area (Å²) in [5, 5.41) is 9.85. The van der Waals surface area contributed by atoms with Gasteiger partial charge in [-0.05, 0) is 121 Å². The van der Waals surface area contributed by atoms with E-state index >= 15 is 0 Å². The first kappa shape index (κ1) is 46.7. The molecular formula is C44H46F6N8O2S2. The van der Waals surface area contributed by atoms with Crippen molar-refractivity contribution in [3.63, 3.8) is 0 Å². The molecule has 2 aliphatic rings. The molecule has 18 heteroatoms. The van der Waals surface area contributed by atoms with E-state index < -0.39 is 35.2 Å². The average molecular weight is 897 g/mol. The minimum absolute atomic E-state index is 0.0530. The highest BCUT2D eigenvalue weighted by atomic mass is 32.2. The predicted molar refractivity (Wildman–Crippen MR) is 227 cm³/mol. The molecule has 1 unspecified atom stereocenters. The Morgan fingerprint density at radius 1 is 0.726 bits per heavy atom. The van der Waals surface area contributed by atoms with Crippen LogP contribution in [0.5, 0.6) is 0 Å². The molecule has 5 heterocycles. The Morgan fingerprint density at radius 2 is 1.31 bits per heavy atom. The molecule has 2 fully saturated rings. The largest absolute Gasteiger partial charge is 0.416 e. The number of halogens is 6. The zero-order valence-corrected chi connectivity index (χ0v) is 36.2. The maximum atomic E-state index is 13.3. The number of likely N-dealkylation sites (tertiary alicyclic amines) is 2. The van der Waals surface area contributed by atoms with E-state index in [0.717, 1.165) is 69.0 Å². The summed E-state index contributed by atoms with van der Waals surface area (Å²) in [6.45, 7) is 3.54. The molecule has 0 N–H and O–H groups in total. The maximum absolute atomic E-state index is 13.3. The number of Topliss-reactive ketones (excluding diaryl/α,β-unsaturated/α-hetero) is 2. The quantitative estimate of drug-likeness (QED) is 0.0544. The van der Waals surface area contributed by atoms with E-state index in [1.165, 1.54) is 47.9 Å². The van der Waals surface area contributed by atoms with Gasteiger partial charge in [0, 0.05) is 47.3 Å². The third-order valence-corrected chi connectivity index (χ3v) is 12.2. The highest BCUT2D eigenvalue weighted by Gasteiger charge is 2.35. The number of rotatable bonds is 11. The first-order valence-corrected chi connectivity index (χ1v) is 22.4. The number of thioether (sulfide) groups is 2. The maximum Gasteiger partial charge on any atom is 0.416 e. The average Bonchev–Trinajstić information content (AvgIpc) is 3.28. The van der Waals surface area contributed by atoms with E-state index in [2.05, 4.69) is 47.0 Å². The van der Waals surface area contributed by atoms with Gasteiger partial charge in [-0.25, -0.2) is 19.9 Å². The Kier molecular flexibility index (Phi) is 15.5. The lowest BCUT2D eigenvalue weighted by Crippen LogP contribution is -2.34. The van der Waals surface area contributed by atoms with Gasteiger partial charge in [0.2, 0.25) is 0 Å². The van der Waals surface area contributed by atoms with E-state index in [9.17, 15) is 35.9 Å². The summed E-state index contributed by atoms with van der Waals surface area (Å²) in [5.74, 6) is -1.44. The molecular weight excluding hydrogens is 851 g/mol. The Labute approximate surface area is 364 Å². The smallest absolute Gasteiger partial charge is 0.306 e. The zero-order chi connectivity index (χ0) is 44.6. The lowest BCUT2D eigenvalue weighted by atomic mass is 9.83. The summed E-state index contributed by atoms with van der Waals surface area (Å²) >= 11 is 2.69. The highest BCUT2D eigenvalue weighted by molar-refractivity contribution is 7.98. The van der Waals surface area contributed by atoms with Crippen molar-refractivity contribution in [2.75, 3.05) is 52.8 Å². The first-order valence-electron chi connectivity index (χ1n) is 19.9. The number of hydrogen-bond donors (Lipinski definition) is 0. The van der Waals surface area contributed by atoms with Crippen LogP contribution in [0.4, 0.5) is 26.3 Å². The number of ketones is 2. The molecule has 2 aliphatic heterocycles. The first-order chi connectivity index (χ1) is 29.5. The van der Waals surface area contributed by atoms with E-state index in [1.54, 1.807) is 30.7 Å². The van der Waals surface area contributed by atoms with Gasteiger partial charge >= 0.3 is 12.4 Å². The molecule has 2 saturated heterocycles. The van der Waals surface area contributed by atoms with Gasteiger partial charge in [-0.15, -0.1) is 5.10 Å². The molecule has 3 aromatic heterocycles. The summed E-state index contributed by atoms with van der Waals surface area (Å²) in [7, 11) is 4.08. The van der Waals surface area contributed by atoms with Crippen LogP contribution in [0.2, 0.25) is 0 Å². The highest BCUT2D eigenvalue weighted by Crippen LogP contribution is 2.37. The molecule has 0 radical (unpaired) electrons. The van der Waals surface area contributed by atoms with Crippen LogP contribution in [0.3, 0.4) is 0 Å². The molecule has 7 rings (SSSR count). The Hall–Kier alpha value is -4.78. The van der Waals surface area contributed by atoms with E-state index in [4.69, 9.17) is 0 Å². The third kappa shape index (κ3) is 12.0. The summed E-state index contributed by atoms with van der Waals surface area (Å²) < 4.78 is 79.3. The van der Waals surface area contributed by atoms with Gasteiger partial charge in [-0.3, -0.25) is 9.59 Å². The fraction of sp³-hybridized carbons (Fsp3) is 0.409. The van der Waals surface area contributed by atoms with E-state index in [-0.39, 0.29) is 29.6 Å². The van der Waals surface area contributed by atoms with Crippen LogP contribution in [-0.4, -0.2) is 104 Å². The van der Waals surface area contributed by atoms with Crippen molar-refractivity contribution in [3.05, 3.63) is 107 Å². The second-order valence-corrected chi connectivity index (χ2v) is 16.9. The minimum Gasteiger partial charge on any atom is -0.306 e. The molecule has 328 valence electrons. The number of benzene rings is 2. The van der Waals surface area contributed by atoms with E-state index in [1.807, 2.05) is 19.4 Å². The van der Waals surface area contributed by atoms with Crippen LogP contribution in [0.15, 0.2) is 89.4 Å². The van der Waals surface area contributed by atoms with Gasteiger partial charge in [0.05, 0.1) is 34.1 Å². The van der Waals surface area contributed by atoms with Crippen LogP contribution in [0.1, 0.15) is 76.8 Å². The molecule has 62 heavy (non-hydrogen) atoms. The van der Waals surface area contributed by atoms with Crippen LogP contribution in [0.25, 0.3) is 22.5 Å². The van der Waals surface area contributed by atoms with Gasteiger partial charge in [-0.2, -0.15) is 31.4 Å². The number of piperidine rings is 2. The second-order valence-electron chi connectivity index (χ2n) is 15.3. The van der Waals surface area contributed by atoms with Gasteiger partial charge in [0.1, 0.15) is 11.5 Å². The Morgan fingerprint density at radius 3 is 1.94 bits per heavy atom. The number of nitrogens with zero attached hydrogens (tertiary/aromatic N) is 8. The number of carbonyl (C=O) groups excluding carboxylic acids is 2. The Balaban J connectivity index is 0.000000207. The van der Waals surface area contributed by atoms with E-state index in [0.29, 0.717) is 51.4 Å². The molecule has 0 aliphatic carbocycles. The van der Waals surface area contributed by atoms with Gasteiger partial charge in [-0.1, -0.05) is 47.8 Å². The second kappa shape index (κ2) is 20.6. The van der Waals surface area contributed by atoms with Crippen LogP contribution >= 0.6 is 23.5 Å². The fourth-order valence-corrected chi connectivity index (χ4v) is 8.20. The van der Waals surface area contributed by atoms with Gasteiger partial charge < -0.3 is 9.80 Å². The van der Waals surface area contributed by atoms with Crippen LogP contribution < -0.4 is 0 Å². The monoisotopic (exact) mass is 896 g/mol. The third-order valence-electron chi connectivity index (χ3n) is 11.1. The SMILES string of the molecule is CSc1nccc(-c2cc(C3CCN(C)CC3)nnc2-c2cccc(C(F)(F)F)c2)n1.CSc1nccc(C(CC(=O)C2CCN(C)CC2)C(=O)c2cccc(C(F)(F)F)c2)n1. The fourth-order valence-electron chi connectivity index (χ4n) is 7.48. The van der Waals surface area contributed by atoms with Crippen molar-refractivity contribution in [2.45, 2.75) is 66.6 Å². The van der Waals surface area contributed by atoms with Crippen molar-refractivity contribution in [2.24, 2.45) is 5.92 Å². The number of carbonyl (C=O) groups is 2. The summed E-state index contributed by atoms with van der Waals surface area (Å²) in [6.07, 6.45) is 1.08. The van der Waals surface area contributed by atoms with Crippen molar-refractivity contribution >= 4 is 35.1 Å². The van der Waals surface area contributed by atoms with Gasteiger partial charge in [0.15, 0.2) is 16.1 Å². The summed E-state index contributed by atoms with van der Waals surface area (Å²) in [6, 6.07) is 14.7. The number of alkyl halides is 6. The van der Waals surface area contributed by atoms with Crippen molar-refractivity contribution in [1.29, 1.82) is 0 Å². The van der Waals surface area contributed by atoms with Gasteiger partial charge in [0.25, 0.3) is 0 Å². The molecule has 0 amide bonds. The number of aromatic nitrogens is 6. The summed E-state index contributed by atoms with van der Waals surface area (Å²) in [4.78, 5) is 48.0. The van der Waals surface area contributed by atoms with Crippen molar-refractivity contribution in [1.82, 2.24) is 39.9 Å². The molecule has 0 saturated carbocycles. The topological polar surface area (TPSA) is 118 Å². The number of hydrogen-bond acceptors (Lipinski definition) is 12. The standard InChI is InChI=1S/C22H22F3N5S.C22H24F3N3O2S/c1-30-10-7-14(8-11-30)19-13-17(18-6-9-26-21(27-18)31-2)20(29-28-19)15-4-3-5-16(12-15)22(23,24)25;1-28-10-7-14(8-11-28)19(29)13-17(18-6-9-26-21(27-18)31-2)20(30)15-4-3-5-16(12-15)22(23,24)25/h3-6,9,12-14H,7-8,10-11H2,1-2H3;3-6,9,12,14,17H,7-8,10-11,13H2,1-2H3. The van der Waals surface area contributed by atoms with Crippen molar-refractivity contribution < 1.29 is 35.9 Å². The molecule has 2 aromatic carbocycles. The lowest BCUT2D eigenvalue weighted by molar-refractivity contribution is -0.138. The zero-order valence-electron chi connectivity index (χ0n) is 34.6. The minimum atomic E-state index is -4.56. The Bertz CT molecular complexity index is 2330. The van der Waals surface area contributed by atoms with Crippen LogP contribution in [-0.2, 0) is 17.1 Å². The van der Waals surface area contributed by atoms with Crippen LogP contribution in [0, 0.1) is 5.92 Å². The normalized spacial score (nSPS) is 16.4. The molecule has 5 aromatic rings. The lowest BCUT2D eigenvalue weighted by Gasteiger charge is -2.28. The molecule has 10 nitrogen and oxygen atoms in total. The molecule has 0 spiro atoms. The molecule has 1 atom stereocenters. The van der Waals surface area contributed by atoms with Crippen molar-refractivity contribution in [3.8, 4) is 22.5 Å². The summed E-state index contributed by atoms with van der Waals surface area (Å²) in [5.41, 5.74) is 1.53. The predicted octanol–water partition coefficient (Wildman–Crippen LogP) is 9.64.